The first kappa shape index (κ1) is 19.1. The van der Waals surface area contributed by atoms with E-state index in [1.54, 1.807) is 29.6 Å². The number of benzene rings is 1. The summed E-state index contributed by atoms with van der Waals surface area (Å²) in [5.41, 5.74) is -0.576. The second kappa shape index (κ2) is 7.53. The van der Waals surface area contributed by atoms with Crippen LogP contribution < -0.4 is 5.32 Å². The predicted molar refractivity (Wildman–Crippen MR) is 97.2 cm³/mol. The van der Waals surface area contributed by atoms with Crippen LogP contribution in [0.1, 0.15) is 16.1 Å². The minimum absolute atomic E-state index is 0.00459. The molecule has 0 unspecified atom stereocenters. The van der Waals surface area contributed by atoms with Gasteiger partial charge in [-0.15, -0.1) is 17.9 Å². The number of rotatable bonds is 5. The minimum Gasteiger partial charge on any atom is -0.348 e. The first-order valence-corrected chi connectivity index (χ1v) is 8.83. The van der Waals surface area contributed by atoms with Crippen LogP contribution in [0.25, 0.3) is 16.4 Å². The van der Waals surface area contributed by atoms with E-state index < -0.39 is 23.3 Å². The largest absolute Gasteiger partial charge is 0.434 e. The van der Waals surface area contributed by atoms with Crippen LogP contribution in [0, 0.1) is 0 Å². The molecule has 1 amide bonds. The van der Waals surface area contributed by atoms with Crippen LogP contribution in [0.4, 0.5) is 13.2 Å². The highest BCUT2D eigenvalue weighted by Gasteiger charge is 2.41. The van der Waals surface area contributed by atoms with Crippen molar-refractivity contribution < 1.29 is 18.0 Å². The molecule has 2 aromatic heterocycles. The number of alkyl halides is 3. The van der Waals surface area contributed by atoms with E-state index in [1.165, 1.54) is 6.08 Å². The zero-order valence-electron chi connectivity index (χ0n) is 13.6. The summed E-state index contributed by atoms with van der Waals surface area (Å²) in [7, 11) is 0. The van der Waals surface area contributed by atoms with E-state index in [2.05, 4.69) is 22.0 Å². The van der Waals surface area contributed by atoms with Crippen molar-refractivity contribution in [2.45, 2.75) is 6.18 Å². The van der Waals surface area contributed by atoms with Crippen molar-refractivity contribution in [3.63, 3.8) is 0 Å². The molecular formula is C17H12ClF3N4OS. The number of nitrogens with one attached hydrogen (secondary N) is 1. The Morgan fingerprint density at radius 2 is 2.04 bits per heavy atom. The molecule has 27 heavy (non-hydrogen) atoms. The monoisotopic (exact) mass is 412 g/mol. The van der Waals surface area contributed by atoms with Gasteiger partial charge in [-0.1, -0.05) is 29.8 Å². The zero-order valence-corrected chi connectivity index (χ0v) is 15.2. The van der Waals surface area contributed by atoms with Gasteiger partial charge in [-0.05, 0) is 12.1 Å². The third-order valence-electron chi connectivity index (χ3n) is 3.50. The van der Waals surface area contributed by atoms with Crippen molar-refractivity contribution in [1.82, 2.24) is 20.1 Å². The molecule has 5 nitrogen and oxygen atoms in total. The van der Waals surface area contributed by atoms with E-state index in [4.69, 9.17) is 11.6 Å². The van der Waals surface area contributed by atoms with Crippen LogP contribution in [-0.2, 0) is 6.18 Å². The Morgan fingerprint density at radius 3 is 2.67 bits per heavy atom. The summed E-state index contributed by atoms with van der Waals surface area (Å²) in [6, 6.07) is 6.74. The van der Waals surface area contributed by atoms with Crippen LogP contribution in [0.15, 0.2) is 48.5 Å². The smallest absolute Gasteiger partial charge is 0.348 e. The molecule has 0 radical (unpaired) electrons. The maximum absolute atomic E-state index is 13.6. The normalized spacial score (nSPS) is 11.4. The number of thiazole rings is 1. The van der Waals surface area contributed by atoms with Crippen molar-refractivity contribution in [3.8, 4) is 16.4 Å². The lowest BCUT2D eigenvalue weighted by atomic mass is 10.2. The number of amides is 1. The number of carbonyl (C=O) groups excluding carboxylic acids is 1. The van der Waals surface area contributed by atoms with Crippen LogP contribution in [0.5, 0.6) is 0 Å². The lowest BCUT2D eigenvalue weighted by Crippen LogP contribution is -2.26. The second-order valence-electron chi connectivity index (χ2n) is 5.34. The number of carbonyl (C=O) groups is 1. The summed E-state index contributed by atoms with van der Waals surface area (Å²) < 4.78 is 41.4. The Bertz CT molecular complexity index is 979. The number of hydrogen-bond acceptors (Lipinski definition) is 4. The summed E-state index contributed by atoms with van der Waals surface area (Å²) in [6.07, 6.45) is -2.54. The van der Waals surface area contributed by atoms with Crippen molar-refractivity contribution in [1.29, 1.82) is 0 Å². The molecule has 0 aliphatic rings. The van der Waals surface area contributed by atoms with Crippen LogP contribution >= 0.6 is 22.9 Å². The highest BCUT2D eigenvalue weighted by molar-refractivity contribution is 7.12. The highest BCUT2D eigenvalue weighted by Crippen LogP contribution is 2.35. The molecule has 0 aliphatic carbocycles. The van der Waals surface area contributed by atoms with Crippen molar-refractivity contribution in [2.75, 3.05) is 6.54 Å². The van der Waals surface area contributed by atoms with Gasteiger partial charge in [0.1, 0.15) is 0 Å². The SMILES string of the molecule is C=CCNC(=O)c1cnn(-c2nc(-c3ccc(Cl)cc3)cs2)c1C(F)(F)F. The Morgan fingerprint density at radius 1 is 1.33 bits per heavy atom. The molecular weight excluding hydrogens is 401 g/mol. The molecule has 3 rings (SSSR count). The van der Waals surface area contributed by atoms with Crippen LogP contribution in [0.2, 0.25) is 5.02 Å². The molecule has 0 aliphatic heterocycles. The van der Waals surface area contributed by atoms with Gasteiger partial charge < -0.3 is 5.32 Å². The molecule has 0 bridgehead atoms. The van der Waals surface area contributed by atoms with Crippen LogP contribution in [-0.4, -0.2) is 27.2 Å². The summed E-state index contributed by atoms with van der Waals surface area (Å²) >= 11 is 6.82. The predicted octanol–water partition coefficient (Wildman–Crippen LogP) is 4.58. The van der Waals surface area contributed by atoms with Crippen molar-refractivity contribution in [3.05, 3.63) is 64.8 Å². The van der Waals surface area contributed by atoms with Gasteiger partial charge in [-0.3, -0.25) is 4.79 Å². The Balaban J connectivity index is 2.02. The first-order valence-electron chi connectivity index (χ1n) is 7.57. The fourth-order valence-electron chi connectivity index (χ4n) is 2.31. The summed E-state index contributed by atoms with van der Waals surface area (Å²) in [5, 5.41) is 8.20. The molecule has 0 saturated heterocycles. The van der Waals surface area contributed by atoms with Gasteiger partial charge in [-0.25, -0.2) is 9.67 Å². The van der Waals surface area contributed by atoms with E-state index in [-0.39, 0.29) is 11.7 Å². The van der Waals surface area contributed by atoms with Crippen molar-refractivity contribution >= 4 is 28.8 Å². The molecule has 3 aromatic rings. The third kappa shape index (κ3) is 4.04. The lowest BCUT2D eigenvalue weighted by molar-refractivity contribution is -0.143. The topological polar surface area (TPSA) is 59.8 Å². The minimum atomic E-state index is -4.79. The Hall–Kier alpha value is -2.65. The molecule has 1 N–H and O–H groups in total. The second-order valence-corrected chi connectivity index (χ2v) is 6.61. The highest BCUT2D eigenvalue weighted by atomic mass is 35.5. The Kier molecular flexibility index (Phi) is 5.33. The van der Waals surface area contributed by atoms with E-state index in [0.717, 1.165) is 17.5 Å². The molecule has 0 atom stereocenters. The van der Waals surface area contributed by atoms with Gasteiger partial charge in [0.2, 0.25) is 5.13 Å². The molecule has 10 heteroatoms. The number of halogens is 4. The maximum atomic E-state index is 13.6. The van der Waals surface area contributed by atoms with Gasteiger partial charge in [0, 0.05) is 22.5 Å². The average Bonchev–Trinajstić information content (AvgIpc) is 3.26. The number of hydrogen-bond donors (Lipinski definition) is 1. The summed E-state index contributed by atoms with van der Waals surface area (Å²) in [4.78, 5) is 16.3. The summed E-state index contributed by atoms with van der Waals surface area (Å²) in [5.74, 6) is -0.886. The number of nitrogens with zero attached hydrogens (tertiary/aromatic N) is 3. The molecule has 0 saturated carbocycles. The molecule has 1 aromatic carbocycles. The van der Waals surface area contributed by atoms with E-state index in [1.807, 2.05) is 0 Å². The molecule has 140 valence electrons. The summed E-state index contributed by atoms with van der Waals surface area (Å²) in [6.45, 7) is 3.45. The van der Waals surface area contributed by atoms with Gasteiger partial charge in [0.25, 0.3) is 5.91 Å². The number of aromatic nitrogens is 3. The van der Waals surface area contributed by atoms with Gasteiger partial charge in [0.15, 0.2) is 5.69 Å². The van der Waals surface area contributed by atoms with E-state index in [0.29, 0.717) is 21.0 Å². The van der Waals surface area contributed by atoms with Crippen LogP contribution in [0.3, 0.4) is 0 Å². The first-order chi connectivity index (χ1) is 12.8. The zero-order chi connectivity index (χ0) is 19.6. The fraction of sp³-hybridized carbons (Fsp3) is 0.118. The van der Waals surface area contributed by atoms with Gasteiger partial charge in [-0.2, -0.15) is 18.3 Å². The molecule has 0 fully saturated rings. The molecule has 0 spiro atoms. The van der Waals surface area contributed by atoms with Gasteiger partial charge in [0.05, 0.1) is 17.5 Å². The lowest BCUT2D eigenvalue weighted by Gasteiger charge is -2.10. The van der Waals surface area contributed by atoms with Gasteiger partial charge >= 0.3 is 6.18 Å². The van der Waals surface area contributed by atoms with E-state index >= 15 is 0 Å². The third-order valence-corrected chi connectivity index (χ3v) is 4.57. The Labute approximate surface area is 161 Å². The maximum Gasteiger partial charge on any atom is 0.434 e. The molecule has 2 heterocycles. The van der Waals surface area contributed by atoms with E-state index in [9.17, 15) is 18.0 Å². The fourth-order valence-corrected chi connectivity index (χ4v) is 3.23. The average molecular weight is 413 g/mol. The van der Waals surface area contributed by atoms with Crippen molar-refractivity contribution in [2.24, 2.45) is 0 Å². The standard InChI is InChI=1S/C17H12ClF3N4OS/c1-2-7-22-15(26)12-8-23-25(14(12)17(19,20)21)16-24-13(9-27-16)10-3-5-11(18)6-4-10/h2-6,8-9H,1,7H2,(H,22,26). The quantitative estimate of drug-likeness (QED) is 0.624.